The number of hydrogen-bond acceptors (Lipinski definition) is 3. The van der Waals surface area contributed by atoms with E-state index in [0.29, 0.717) is 5.56 Å². The molecule has 4 aromatic rings. The van der Waals surface area contributed by atoms with Crippen molar-refractivity contribution >= 4 is 10.9 Å². The molecule has 0 amide bonds. The molecule has 142 valence electrons. The molecule has 29 heavy (non-hydrogen) atoms. The summed E-state index contributed by atoms with van der Waals surface area (Å²) in [5.41, 5.74) is 6.89. The molecule has 3 aromatic carbocycles. The number of para-hydroxylation sites is 1. The molecule has 0 saturated heterocycles. The lowest BCUT2D eigenvalue weighted by molar-refractivity contribution is 0.246. The summed E-state index contributed by atoms with van der Waals surface area (Å²) in [6.45, 7) is 6.16. The van der Waals surface area contributed by atoms with E-state index in [9.17, 15) is 0 Å². The third-order valence-corrected chi connectivity index (χ3v) is 4.89. The minimum Gasteiger partial charge on any atom is -0.490 e. The Hall–Kier alpha value is -3.64. The molecule has 1 heterocycles. The predicted octanol–water partition coefficient (Wildman–Crippen LogP) is 6.54. The molecule has 3 nitrogen and oxygen atoms in total. The van der Waals surface area contributed by atoms with E-state index in [1.54, 1.807) is 0 Å². The highest BCUT2D eigenvalue weighted by Gasteiger charge is 2.16. The van der Waals surface area contributed by atoms with E-state index in [2.05, 4.69) is 49.4 Å². The number of hydrogen-bond donors (Lipinski definition) is 0. The highest BCUT2D eigenvalue weighted by atomic mass is 16.5. The fraction of sp³-hybridized carbons (Fsp3) is 0.154. The van der Waals surface area contributed by atoms with Gasteiger partial charge in [0, 0.05) is 22.7 Å². The molecule has 0 bridgehead atoms. The minimum atomic E-state index is 0.0448. The topological polar surface area (TPSA) is 45.9 Å². The molecular formula is C26H22N2O. The second kappa shape index (κ2) is 7.77. The van der Waals surface area contributed by atoms with Crippen molar-refractivity contribution in [3.8, 4) is 34.1 Å². The van der Waals surface area contributed by atoms with E-state index in [4.69, 9.17) is 15.0 Å². The highest BCUT2D eigenvalue weighted by Crippen LogP contribution is 2.39. The first kappa shape index (κ1) is 18.7. The zero-order valence-corrected chi connectivity index (χ0v) is 16.8. The Balaban J connectivity index is 1.94. The molecule has 1 aromatic heterocycles. The predicted molar refractivity (Wildman–Crippen MR) is 118 cm³/mol. The van der Waals surface area contributed by atoms with Crippen molar-refractivity contribution < 1.29 is 4.74 Å². The van der Waals surface area contributed by atoms with Crippen LogP contribution in [0, 0.1) is 18.3 Å². The van der Waals surface area contributed by atoms with E-state index in [1.807, 2.05) is 50.4 Å². The van der Waals surface area contributed by atoms with E-state index in [1.165, 1.54) is 5.56 Å². The van der Waals surface area contributed by atoms with Crippen LogP contribution in [0.4, 0.5) is 0 Å². The average molecular weight is 378 g/mol. The molecule has 0 atom stereocenters. The van der Waals surface area contributed by atoms with Gasteiger partial charge in [-0.15, -0.1) is 0 Å². The molecule has 0 unspecified atom stereocenters. The van der Waals surface area contributed by atoms with Crippen LogP contribution in [-0.2, 0) is 0 Å². The number of rotatable bonds is 4. The smallest absolute Gasteiger partial charge is 0.138 e. The fourth-order valence-electron chi connectivity index (χ4n) is 3.46. The Morgan fingerprint density at radius 3 is 2.17 bits per heavy atom. The van der Waals surface area contributed by atoms with E-state index in [-0.39, 0.29) is 6.10 Å². The highest BCUT2D eigenvalue weighted by molar-refractivity contribution is 6.00. The van der Waals surface area contributed by atoms with Gasteiger partial charge in [0.1, 0.15) is 5.75 Å². The lowest BCUT2D eigenvalue weighted by Crippen LogP contribution is -2.07. The number of ether oxygens (including phenoxy) is 1. The van der Waals surface area contributed by atoms with Crippen molar-refractivity contribution in [2.24, 2.45) is 0 Å². The average Bonchev–Trinajstić information content (AvgIpc) is 2.74. The Labute approximate surface area is 171 Å². The number of aryl methyl sites for hydroxylation is 1. The van der Waals surface area contributed by atoms with Crippen LogP contribution < -0.4 is 4.74 Å². The van der Waals surface area contributed by atoms with Crippen LogP contribution in [0.1, 0.15) is 25.0 Å². The lowest BCUT2D eigenvalue weighted by atomic mass is 9.97. The summed E-state index contributed by atoms with van der Waals surface area (Å²) in [5.74, 6) is 0.851. The van der Waals surface area contributed by atoms with Gasteiger partial charge in [-0.3, -0.25) is 4.98 Å². The quantitative estimate of drug-likeness (QED) is 0.405. The molecule has 0 saturated carbocycles. The molecule has 0 N–H and O–H groups in total. The zero-order valence-electron chi connectivity index (χ0n) is 16.8. The standard InChI is InChI=1S/C26H22N2O/c1-17(2)29-26-23-6-4-5-22(20-13-9-19(15-27)10-14-20)25(23)28-16-24(26)21-11-7-18(3)8-12-21/h4-14,16-17H,1-3H3. The Kier molecular flexibility index (Phi) is 5.01. The summed E-state index contributed by atoms with van der Waals surface area (Å²) in [6.07, 6.45) is 1.95. The Morgan fingerprint density at radius 1 is 0.862 bits per heavy atom. The maximum atomic E-state index is 9.07. The summed E-state index contributed by atoms with van der Waals surface area (Å²) in [7, 11) is 0. The molecular weight excluding hydrogens is 356 g/mol. The Bertz CT molecular complexity index is 1200. The van der Waals surface area contributed by atoms with Crippen molar-refractivity contribution in [1.29, 1.82) is 5.26 Å². The normalized spacial score (nSPS) is 10.9. The van der Waals surface area contributed by atoms with Gasteiger partial charge in [-0.05, 0) is 50.1 Å². The van der Waals surface area contributed by atoms with Crippen molar-refractivity contribution in [3.05, 3.63) is 84.1 Å². The van der Waals surface area contributed by atoms with Crippen LogP contribution in [0.3, 0.4) is 0 Å². The lowest BCUT2D eigenvalue weighted by Gasteiger charge is -2.18. The van der Waals surface area contributed by atoms with Gasteiger partial charge in [0.25, 0.3) is 0 Å². The maximum Gasteiger partial charge on any atom is 0.138 e. The summed E-state index contributed by atoms with van der Waals surface area (Å²) in [5, 5.41) is 10.1. The van der Waals surface area contributed by atoms with Gasteiger partial charge < -0.3 is 4.74 Å². The molecule has 0 fully saturated rings. The second-order valence-corrected chi connectivity index (χ2v) is 7.42. The summed E-state index contributed by atoms with van der Waals surface area (Å²) < 4.78 is 6.29. The number of fused-ring (bicyclic) bond motifs is 1. The van der Waals surface area contributed by atoms with Gasteiger partial charge >= 0.3 is 0 Å². The molecule has 4 rings (SSSR count). The molecule has 0 aliphatic carbocycles. The van der Waals surface area contributed by atoms with Crippen LogP contribution in [0.5, 0.6) is 5.75 Å². The fourth-order valence-corrected chi connectivity index (χ4v) is 3.46. The van der Waals surface area contributed by atoms with Gasteiger partial charge in [-0.2, -0.15) is 5.26 Å². The Morgan fingerprint density at radius 2 is 1.52 bits per heavy atom. The van der Waals surface area contributed by atoms with Gasteiger partial charge in [-0.1, -0.05) is 54.1 Å². The monoisotopic (exact) mass is 378 g/mol. The van der Waals surface area contributed by atoms with Crippen molar-refractivity contribution in [2.75, 3.05) is 0 Å². The number of benzene rings is 3. The first-order chi connectivity index (χ1) is 14.1. The number of nitriles is 1. The maximum absolute atomic E-state index is 9.07. The van der Waals surface area contributed by atoms with Crippen molar-refractivity contribution in [3.63, 3.8) is 0 Å². The summed E-state index contributed by atoms with van der Waals surface area (Å²) in [6, 6.07) is 24.3. The van der Waals surface area contributed by atoms with E-state index < -0.39 is 0 Å². The van der Waals surface area contributed by atoms with Crippen molar-refractivity contribution in [2.45, 2.75) is 26.9 Å². The van der Waals surface area contributed by atoms with E-state index in [0.717, 1.165) is 38.9 Å². The second-order valence-electron chi connectivity index (χ2n) is 7.42. The van der Waals surface area contributed by atoms with Gasteiger partial charge in [-0.25, -0.2) is 0 Å². The van der Waals surface area contributed by atoms with Crippen LogP contribution >= 0.6 is 0 Å². The van der Waals surface area contributed by atoms with Gasteiger partial charge in [0.15, 0.2) is 0 Å². The first-order valence-corrected chi connectivity index (χ1v) is 9.73. The van der Waals surface area contributed by atoms with Gasteiger partial charge in [0.05, 0.1) is 23.3 Å². The number of nitrogens with zero attached hydrogens (tertiary/aromatic N) is 2. The summed E-state index contributed by atoms with van der Waals surface area (Å²) >= 11 is 0. The molecule has 0 spiro atoms. The number of aromatic nitrogens is 1. The SMILES string of the molecule is Cc1ccc(-c2cnc3c(-c4ccc(C#N)cc4)cccc3c2OC(C)C)cc1. The van der Waals surface area contributed by atoms with Crippen molar-refractivity contribution in [1.82, 2.24) is 4.98 Å². The van der Waals surface area contributed by atoms with Crippen LogP contribution in [0.2, 0.25) is 0 Å². The first-order valence-electron chi connectivity index (χ1n) is 9.73. The third kappa shape index (κ3) is 3.70. The molecule has 0 radical (unpaired) electrons. The largest absolute Gasteiger partial charge is 0.490 e. The molecule has 3 heteroatoms. The van der Waals surface area contributed by atoms with Gasteiger partial charge in [0.2, 0.25) is 0 Å². The zero-order chi connectivity index (χ0) is 20.4. The minimum absolute atomic E-state index is 0.0448. The van der Waals surface area contributed by atoms with E-state index >= 15 is 0 Å². The van der Waals surface area contributed by atoms with Crippen LogP contribution in [-0.4, -0.2) is 11.1 Å². The number of pyridine rings is 1. The molecule has 0 aliphatic heterocycles. The van der Waals surface area contributed by atoms with Crippen LogP contribution in [0.15, 0.2) is 72.9 Å². The molecule has 0 aliphatic rings. The summed E-state index contributed by atoms with van der Waals surface area (Å²) in [4.78, 5) is 4.82. The third-order valence-electron chi connectivity index (χ3n) is 4.89. The van der Waals surface area contributed by atoms with Crippen LogP contribution in [0.25, 0.3) is 33.2 Å².